The summed E-state index contributed by atoms with van der Waals surface area (Å²) in [5.41, 5.74) is 0.571. The van der Waals surface area contributed by atoms with Gasteiger partial charge in [0.05, 0.1) is 12.8 Å². The molecule has 0 radical (unpaired) electrons. The number of hydrogen-bond acceptors (Lipinski definition) is 4. The first-order valence-corrected chi connectivity index (χ1v) is 8.60. The third kappa shape index (κ3) is 4.79. The van der Waals surface area contributed by atoms with Gasteiger partial charge in [0.2, 0.25) is 0 Å². The monoisotopic (exact) mass is 363 g/mol. The van der Waals surface area contributed by atoms with E-state index in [9.17, 15) is 4.79 Å². The Bertz CT molecular complexity index is 896. The summed E-state index contributed by atoms with van der Waals surface area (Å²) in [6, 6.07) is 23.9. The van der Waals surface area contributed by atoms with Crippen molar-refractivity contribution in [3.63, 3.8) is 0 Å². The van der Waals surface area contributed by atoms with Crippen molar-refractivity contribution in [3.05, 3.63) is 78.9 Å². The van der Waals surface area contributed by atoms with E-state index in [1.54, 1.807) is 38.3 Å². The Morgan fingerprint density at radius 1 is 0.815 bits per heavy atom. The molecule has 0 aliphatic carbocycles. The Morgan fingerprint density at radius 3 is 2.11 bits per heavy atom. The molecule has 3 aromatic rings. The number of anilines is 1. The molecule has 0 fully saturated rings. The van der Waals surface area contributed by atoms with Crippen LogP contribution in [0.4, 0.5) is 5.69 Å². The number of nitrogens with one attached hydrogen (secondary N) is 1. The molecule has 0 spiro atoms. The van der Waals surface area contributed by atoms with Gasteiger partial charge >= 0.3 is 0 Å². The number of methoxy groups -OCH3 is 1. The maximum Gasteiger partial charge on any atom is 0.265 e. The average Bonchev–Trinajstić information content (AvgIpc) is 2.70. The highest BCUT2D eigenvalue weighted by Gasteiger charge is 2.18. The Kier molecular flexibility index (Phi) is 5.94. The highest BCUT2D eigenvalue weighted by Crippen LogP contribution is 2.30. The van der Waals surface area contributed by atoms with E-state index in [0.29, 0.717) is 28.7 Å². The fourth-order valence-electron chi connectivity index (χ4n) is 2.47. The van der Waals surface area contributed by atoms with Crippen LogP contribution in [0, 0.1) is 0 Å². The molecular formula is C22H21NO4. The van der Waals surface area contributed by atoms with Crippen molar-refractivity contribution in [1.82, 2.24) is 0 Å². The largest absolute Gasteiger partial charge is 0.493 e. The van der Waals surface area contributed by atoms with Crippen LogP contribution in [0.3, 0.4) is 0 Å². The van der Waals surface area contributed by atoms with Gasteiger partial charge in [0.1, 0.15) is 5.75 Å². The van der Waals surface area contributed by atoms with Crippen LogP contribution in [0.25, 0.3) is 0 Å². The van der Waals surface area contributed by atoms with Gasteiger partial charge in [-0.1, -0.05) is 42.5 Å². The van der Waals surface area contributed by atoms with Gasteiger partial charge < -0.3 is 19.5 Å². The Labute approximate surface area is 158 Å². The first kappa shape index (κ1) is 18.3. The summed E-state index contributed by atoms with van der Waals surface area (Å²) >= 11 is 0. The van der Waals surface area contributed by atoms with E-state index in [-0.39, 0.29) is 5.91 Å². The summed E-state index contributed by atoms with van der Waals surface area (Å²) in [5.74, 6) is 2.05. The summed E-state index contributed by atoms with van der Waals surface area (Å²) in [5, 5.41) is 2.86. The maximum absolute atomic E-state index is 12.6. The summed E-state index contributed by atoms with van der Waals surface area (Å²) in [4.78, 5) is 12.6. The first-order valence-electron chi connectivity index (χ1n) is 8.60. The van der Waals surface area contributed by atoms with Gasteiger partial charge in [-0.25, -0.2) is 0 Å². The minimum atomic E-state index is -0.717. The summed E-state index contributed by atoms with van der Waals surface area (Å²) in [7, 11) is 1.56. The van der Waals surface area contributed by atoms with E-state index in [0.717, 1.165) is 0 Å². The molecule has 27 heavy (non-hydrogen) atoms. The number of hydrogen-bond donors (Lipinski definition) is 1. The van der Waals surface area contributed by atoms with Crippen LogP contribution in [0.2, 0.25) is 0 Å². The molecule has 0 aliphatic rings. The number of ether oxygens (including phenoxy) is 3. The zero-order valence-electron chi connectivity index (χ0n) is 15.2. The maximum atomic E-state index is 12.6. The van der Waals surface area contributed by atoms with Crippen LogP contribution in [0.1, 0.15) is 6.92 Å². The molecule has 0 bridgehead atoms. The Balaban J connectivity index is 1.70. The van der Waals surface area contributed by atoms with Crippen molar-refractivity contribution in [2.45, 2.75) is 13.0 Å². The lowest BCUT2D eigenvalue weighted by atomic mass is 10.2. The van der Waals surface area contributed by atoms with E-state index >= 15 is 0 Å². The van der Waals surface area contributed by atoms with Crippen LogP contribution in [-0.2, 0) is 4.79 Å². The predicted molar refractivity (Wildman–Crippen MR) is 105 cm³/mol. The molecule has 3 aromatic carbocycles. The molecule has 0 aromatic heterocycles. The van der Waals surface area contributed by atoms with E-state index in [2.05, 4.69) is 5.32 Å². The number of carbonyl (C=O) groups excluding carboxylic acids is 1. The van der Waals surface area contributed by atoms with E-state index < -0.39 is 6.10 Å². The molecule has 5 heteroatoms. The van der Waals surface area contributed by atoms with Crippen molar-refractivity contribution in [1.29, 1.82) is 0 Å². The zero-order chi connectivity index (χ0) is 19.1. The molecule has 0 heterocycles. The second-order valence-electron chi connectivity index (χ2n) is 5.81. The highest BCUT2D eigenvalue weighted by atomic mass is 16.5. The lowest BCUT2D eigenvalue weighted by molar-refractivity contribution is -0.122. The molecular weight excluding hydrogens is 342 g/mol. The summed E-state index contributed by atoms with van der Waals surface area (Å²) in [6.07, 6.45) is -0.717. The standard InChI is InChI=1S/C22H21NO4/c1-16(26-21-15-9-8-14-20(21)25-2)22(24)23-18-12-6-7-13-19(18)27-17-10-4-3-5-11-17/h3-16H,1-2H3,(H,23,24)/t16-/m0/s1. The van der Waals surface area contributed by atoms with Crippen molar-refractivity contribution >= 4 is 11.6 Å². The number of carbonyl (C=O) groups is 1. The Hall–Kier alpha value is -3.47. The Morgan fingerprint density at radius 2 is 1.41 bits per heavy atom. The van der Waals surface area contributed by atoms with Crippen LogP contribution in [0.15, 0.2) is 78.9 Å². The van der Waals surface area contributed by atoms with Crippen molar-refractivity contribution in [3.8, 4) is 23.0 Å². The molecule has 138 valence electrons. The van der Waals surface area contributed by atoms with Crippen molar-refractivity contribution < 1.29 is 19.0 Å². The zero-order valence-corrected chi connectivity index (χ0v) is 15.2. The third-order valence-electron chi connectivity index (χ3n) is 3.86. The topological polar surface area (TPSA) is 56.8 Å². The number of amides is 1. The SMILES string of the molecule is COc1ccccc1O[C@@H](C)C(=O)Nc1ccccc1Oc1ccccc1. The first-order chi connectivity index (χ1) is 13.2. The van der Waals surface area contributed by atoms with E-state index in [4.69, 9.17) is 14.2 Å². The van der Waals surface area contributed by atoms with Gasteiger partial charge in [0.25, 0.3) is 5.91 Å². The average molecular weight is 363 g/mol. The van der Waals surface area contributed by atoms with Gasteiger partial charge in [-0.05, 0) is 43.3 Å². The minimum absolute atomic E-state index is 0.287. The lowest BCUT2D eigenvalue weighted by Gasteiger charge is -2.18. The molecule has 0 aliphatic heterocycles. The van der Waals surface area contributed by atoms with Gasteiger partial charge in [0.15, 0.2) is 23.4 Å². The predicted octanol–water partition coefficient (Wildman–Crippen LogP) is 4.89. The van der Waals surface area contributed by atoms with Crippen LogP contribution >= 0.6 is 0 Å². The second-order valence-corrected chi connectivity index (χ2v) is 5.81. The quantitative estimate of drug-likeness (QED) is 0.649. The molecule has 5 nitrogen and oxygen atoms in total. The molecule has 0 saturated heterocycles. The molecule has 1 N–H and O–H groups in total. The lowest BCUT2D eigenvalue weighted by Crippen LogP contribution is -2.30. The van der Waals surface area contributed by atoms with Gasteiger partial charge in [-0.15, -0.1) is 0 Å². The normalized spacial score (nSPS) is 11.3. The second kappa shape index (κ2) is 8.76. The smallest absolute Gasteiger partial charge is 0.265 e. The van der Waals surface area contributed by atoms with Crippen LogP contribution in [0.5, 0.6) is 23.0 Å². The molecule has 0 unspecified atom stereocenters. The molecule has 0 saturated carbocycles. The number of para-hydroxylation sites is 5. The highest BCUT2D eigenvalue weighted by molar-refractivity contribution is 5.95. The van der Waals surface area contributed by atoms with Gasteiger partial charge in [-0.2, -0.15) is 0 Å². The van der Waals surface area contributed by atoms with E-state index in [1.807, 2.05) is 54.6 Å². The van der Waals surface area contributed by atoms with Crippen molar-refractivity contribution in [2.24, 2.45) is 0 Å². The summed E-state index contributed by atoms with van der Waals surface area (Å²) in [6.45, 7) is 1.68. The third-order valence-corrected chi connectivity index (χ3v) is 3.86. The van der Waals surface area contributed by atoms with Gasteiger partial charge in [-0.3, -0.25) is 4.79 Å². The molecule has 1 amide bonds. The van der Waals surface area contributed by atoms with Crippen molar-refractivity contribution in [2.75, 3.05) is 12.4 Å². The van der Waals surface area contributed by atoms with E-state index in [1.165, 1.54) is 0 Å². The number of benzene rings is 3. The molecule has 1 atom stereocenters. The summed E-state index contributed by atoms with van der Waals surface area (Å²) < 4.78 is 16.9. The fraction of sp³-hybridized carbons (Fsp3) is 0.136. The van der Waals surface area contributed by atoms with Gasteiger partial charge in [0, 0.05) is 0 Å². The minimum Gasteiger partial charge on any atom is -0.493 e. The fourth-order valence-corrected chi connectivity index (χ4v) is 2.47. The molecule has 3 rings (SSSR count). The van der Waals surface area contributed by atoms with Crippen LogP contribution < -0.4 is 19.5 Å². The number of rotatable bonds is 7. The van der Waals surface area contributed by atoms with Crippen LogP contribution in [-0.4, -0.2) is 19.1 Å².